The second-order valence-electron chi connectivity index (χ2n) is 7.59. The first kappa shape index (κ1) is 24.1. The number of halogens is 1. The lowest BCUT2D eigenvalue weighted by Gasteiger charge is -2.30. The maximum absolute atomic E-state index is 13.3. The highest BCUT2D eigenvalue weighted by molar-refractivity contribution is 7.12. The summed E-state index contributed by atoms with van der Waals surface area (Å²) >= 11 is 9.18. The Kier molecular flexibility index (Phi) is 8.71. The van der Waals surface area contributed by atoms with Crippen molar-refractivity contribution in [3.05, 3.63) is 67.3 Å². The van der Waals surface area contributed by atoms with Gasteiger partial charge in [-0.15, -0.1) is 22.7 Å². The van der Waals surface area contributed by atoms with Gasteiger partial charge < -0.3 is 19.5 Å². The van der Waals surface area contributed by atoms with E-state index in [1.807, 2.05) is 39.9 Å². The summed E-state index contributed by atoms with van der Waals surface area (Å²) in [6.45, 7) is 5.13. The Bertz CT molecular complexity index is 1040. The van der Waals surface area contributed by atoms with E-state index in [0.717, 1.165) is 43.4 Å². The first-order valence-corrected chi connectivity index (χ1v) is 12.8. The predicted octanol–water partition coefficient (Wildman–Crippen LogP) is 3.90. The summed E-state index contributed by atoms with van der Waals surface area (Å²) in [5.41, 5.74) is 1.47. The van der Waals surface area contributed by atoms with Gasteiger partial charge in [-0.2, -0.15) is 0 Å². The van der Waals surface area contributed by atoms with Crippen molar-refractivity contribution in [2.24, 2.45) is 0 Å². The Morgan fingerprint density at radius 1 is 1.27 bits per heavy atom. The van der Waals surface area contributed by atoms with Gasteiger partial charge in [0, 0.05) is 48.7 Å². The number of aliphatic hydroxyl groups excluding tert-OH is 1. The number of aliphatic hydroxyl groups is 1. The minimum atomic E-state index is -0.0916. The number of thiazole rings is 1. The molecule has 0 aliphatic carbocycles. The number of thiophene rings is 1. The second-order valence-corrected chi connectivity index (χ2v) is 9.92. The van der Waals surface area contributed by atoms with E-state index in [-0.39, 0.29) is 19.1 Å². The van der Waals surface area contributed by atoms with Gasteiger partial charge >= 0.3 is 0 Å². The van der Waals surface area contributed by atoms with Gasteiger partial charge in [0.1, 0.15) is 17.4 Å². The van der Waals surface area contributed by atoms with E-state index in [1.54, 1.807) is 6.07 Å². The Hall–Kier alpha value is -2.01. The molecule has 0 unspecified atom stereocenters. The molecule has 1 N–H and O–H groups in total. The van der Waals surface area contributed by atoms with Crippen LogP contribution in [-0.4, -0.2) is 65.2 Å². The number of ether oxygens (including phenoxy) is 2. The average Bonchev–Trinajstić information content (AvgIpc) is 3.54. The zero-order chi connectivity index (χ0) is 23.0. The molecule has 0 bridgehead atoms. The monoisotopic (exact) mass is 507 g/mol. The van der Waals surface area contributed by atoms with Crippen LogP contribution in [0.5, 0.6) is 5.75 Å². The van der Waals surface area contributed by atoms with Crippen LogP contribution in [0.25, 0.3) is 0 Å². The molecule has 3 heterocycles. The summed E-state index contributed by atoms with van der Waals surface area (Å²) in [6, 6.07) is 9.20. The fourth-order valence-electron chi connectivity index (χ4n) is 3.54. The van der Waals surface area contributed by atoms with Crippen molar-refractivity contribution in [2.75, 3.05) is 39.4 Å². The molecule has 176 valence electrons. The third kappa shape index (κ3) is 6.75. The Balaban J connectivity index is 1.49. The second kappa shape index (κ2) is 11.9. The molecule has 0 spiro atoms. The Labute approximate surface area is 206 Å². The van der Waals surface area contributed by atoms with E-state index in [9.17, 15) is 9.90 Å². The van der Waals surface area contributed by atoms with E-state index in [1.165, 1.54) is 22.7 Å². The SMILES string of the molecule is O=C(c1cccs1)N(CCN1CCOCC1)Cc1cc(Cl)ccc1OCc1nc(CO)cs1. The molecule has 2 aromatic heterocycles. The number of carbonyl (C=O) groups is 1. The number of rotatable bonds is 10. The zero-order valence-electron chi connectivity index (χ0n) is 18.1. The molecule has 1 saturated heterocycles. The van der Waals surface area contributed by atoms with Gasteiger partial charge in [0.2, 0.25) is 0 Å². The first-order valence-electron chi connectivity index (χ1n) is 10.7. The highest BCUT2D eigenvalue weighted by atomic mass is 35.5. The van der Waals surface area contributed by atoms with Crippen molar-refractivity contribution in [3.8, 4) is 5.75 Å². The van der Waals surface area contributed by atoms with Crippen LogP contribution in [0, 0.1) is 0 Å². The standard InChI is InChI=1S/C23H26ClN3O4S2/c24-18-3-4-20(31-15-22-25-19(14-28)16-33-22)17(12-18)13-27(23(29)21-2-1-11-32-21)6-5-26-7-9-30-10-8-26/h1-4,11-12,16,28H,5-10,13-15H2. The van der Waals surface area contributed by atoms with E-state index >= 15 is 0 Å². The fraction of sp³-hybridized carbons (Fsp3) is 0.391. The van der Waals surface area contributed by atoms with E-state index < -0.39 is 0 Å². The van der Waals surface area contributed by atoms with Crippen molar-refractivity contribution in [2.45, 2.75) is 19.8 Å². The largest absolute Gasteiger partial charge is 0.486 e. The quantitative estimate of drug-likeness (QED) is 0.448. The minimum Gasteiger partial charge on any atom is -0.486 e. The highest BCUT2D eigenvalue weighted by Crippen LogP contribution is 2.27. The van der Waals surface area contributed by atoms with Crippen LogP contribution >= 0.6 is 34.3 Å². The molecule has 1 aliphatic rings. The van der Waals surface area contributed by atoms with Gasteiger partial charge in [0.15, 0.2) is 0 Å². The number of hydrogen-bond donors (Lipinski definition) is 1. The van der Waals surface area contributed by atoms with Crippen LogP contribution in [0.15, 0.2) is 41.1 Å². The summed E-state index contributed by atoms with van der Waals surface area (Å²) in [7, 11) is 0. The third-order valence-electron chi connectivity index (χ3n) is 5.31. The van der Waals surface area contributed by atoms with Crippen molar-refractivity contribution >= 4 is 40.2 Å². The molecule has 1 aliphatic heterocycles. The average molecular weight is 508 g/mol. The van der Waals surface area contributed by atoms with Gasteiger partial charge in [0.25, 0.3) is 5.91 Å². The smallest absolute Gasteiger partial charge is 0.264 e. The van der Waals surface area contributed by atoms with Crippen LogP contribution < -0.4 is 4.74 Å². The molecule has 7 nitrogen and oxygen atoms in total. The van der Waals surface area contributed by atoms with Gasteiger partial charge in [0.05, 0.1) is 30.4 Å². The maximum Gasteiger partial charge on any atom is 0.264 e. The molecule has 1 amide bonds. The predicted molar refractivity (Wildman–Crippen MR) is 130 cm³/mol. The molecule has 3 aromatic rings. The minimum absolute atomic E-state index is 0.00306. The summed E-state index contributed by atoms with van der Waals surface area (Å²) in [5, 5.41) is 14.3. The number of hydrogen-bond acceptors (Lipinski definition) is 8. The van der Waals surface area contributed by atoms with Gasteiger partial charge in [-0.3, -0.25) is 9.69 Å². The summed E-state index contributed by atoms with van der Waals surface area (Å²) in [6.07, 6.45) is 0. The van der Waals surface area contributed by atoms with Crippen LogP contribution in [0.2, 0.25) is 5.02 Å². The van der Waals surface area contributed by atoms with Crippen LogP contribution in [0.1, 0.15) is 25.9 Å². The Morgan fingerprint density at radius 3 is 2.85 bits per heavy atom. The molecule has 0 radical (unpaired) electrons. The van der Waals surface area contributed by atoms with Crippen LogP contribution in [-0.2, 0) is 24.5 Å². The van der Waals surface area contributed by atoms with Gasteiger partial charge in [-0.05, 0) is 29.6 Å². The van der Waals surface area contributed by atoms with Gasteiger partial charge in [-0.1, -0.05) is 17.7 Å². The number of aromatic nitrogens is 1. The lowest BCUT2D eigenvalue weighted by atomic mass is 10.1. The Morgan fingerprint density at radius 2 is 2.12 bits per heavy atom. The molecule has 0 atom stereocenters. The molecule has 33 heavy (non-hydrogen) atoms. The zero-order valence-corrected chi connectivity index (χ0v) is 20.5. The van der Waals surface area contributed by atoms with Gasteiger partial charge in [-0.25, -0.2) is 4.98 Å². The number of amides is 1. The topological polar surface area (TPSA) is 75.1 Å². The highest BCUT2D eigenvalue weighted by Gasteiger charge is 2.21. The summed E-state index contributed by atoms with van der Waals surface area (Å²) in [5.74, 6) is 0.659. The lowest BCUT2D eigenvalue weighted by molar-refractivity contribution is 0.0320. The third-order valence-corrected chi connectivity index (χ3v) is 7.27. The first-order chi connectivity index (χ1) is 16.1. The molecular weight excluding hydrogens is 482 g/mol. The normalized spacial score (nSPS) is 14.4. The van der Waals surface area contributed by atoms with E-state index in [0.29, 0.717) is 34.4 Å². The molecular formula is C23H26ClN3O4S2. The molecule has 0 saturated carbocycles. The number of carbonyl (C=O) groups excluding carboxylic acids is 1. The molecule has 10 heteroatoms. The summed E-state index contributed by atoms with van der Waals surface area (Å²) < 4.78 is 11.5. The van der Waals surface area contributed by atoms with Crippen molar-refractivity contribution < 1.29 is 19.4 Å². The van der Waals surface area contributed by atoms with Crippen LogP contribution in [0.3, 0.4) is 0 Å². The fourth-order valence-corrected chi connectivity index (χ4v) is 5.12. The lowest BCUT2D eigenvalue weighted by Crippen LogP contribution is -2.42. The van der Waals surface area contributed by atoms with Crippen LogP contribution in [0.4, 0.5) is 0 Å². The molecule has 1 fully saturated rings. The number of benzene rings is 1. The van der Waals surface area contributed by atoms with Crippen molar-refractivity contribution in [1.29, 1.82) is 0 Å². The van der Waals surface area contributed by atoms with E-state index in [4.69, 9.17) is 21.1 Å². The van der Waals surface area contributed by atoms with E-state index in [2.05, 4.69) is 9.88 Å². The maximum atomic E-state index is 13.3. The number of morpholine rings is 1. The number of nitrogens with zero attached hydrogens (tertiary/aromatic N) is 3. The summed E-state index contributed by atoms with van der Waals surface area (Å²) in [4.78, 5) is 22.5. The molecule has 1 aromatic carbocycles. The van der Waals surface area contributed by atoms with Crippen molar-refractivity contribution in [3.63, 3.8) is 0 Å². The van der Waals surface area contributed by atoms with Crippen molar-refractivity contribution in [1.82, 2.24) is 14.8 Å². The molecule has 4 rings (SSSR count).